The third kappa shape index (κ3) is 2.78. The van der Waals surface area contributed by atoms with Gasteiger partial charge in [-0.2, -0.15) is 0 Å². The Morgan fingerprint density at radius 1 is 1.61 bits per heavy atom. The van der Waals surface area contributed by atoms with E-state index in [4.69, 9.17) is 5.11 Å². The number of carboxylic acid groups (broad SMARTS) is 1. The number of aliphatic carboxylic acids is 1. The van der Waals surface area contributed by atoms with Crippen LogP contribution in [0, 0.1) is 0 Å². The molecule has 2 atom stereocenters. The second kappa shape index (κ2) is 5.62. The topological polar surface area (TPSA) is 69.6 Å². The predicted molar refractivity (Wildman–Crippen MR) is 71.9 cm³/mol. The first kappa shape index (κ1) is 13.2. The van der Waals surface area contributed by atoms with Crippen LogP contribution in [0.2, 0.25) is 0 Å². The first-order valence-electron chi connectivity index (χ1n) is 5.50. The summed E-state index contributed by atoms with van der Waals surface area (Å²) >= 11 is 3.03. The highest BCUT2D eigenvalue weighted by Crippen LogP contribution is 2.23. The molecule has 1 saturated heterocycles. The molecule has 2 amide bonds. The summed E-state index contributed by atoms with van der Waals surface area (Å²) in [6.45, 7) is 1.89. The van der Waals surface area contributed by atoms with Crippen LogP contribution in [0.25, 0.3) is 0 Å². The van der Waals surface area contributed by atoms with Crippen LogP contribution in [-0.2, 0) is 4.79 Å². The van der Waals surface area contributed by atoms with Crippen LogP contribution in [0.3, 0.4) is 0 Å². The molecule has 2 heterocycles. The molecule has 2 N–H and O–H groups in total. The quantitative estimate of drug-likeness (QED) is 0.891. The molecule has 1 aromatic rings. The van der Waals surface area contributed by atoms with E-state index in [1.54, 1.807) is 11.3 Å². The number of urea groups is 1. The van der Waals surface area contributed by atoms with Crippen molar-refractivity contribution in [3.8, 4) is 0 Å². The fourth-order valence-electron chi connectivity index (χ4n) is 1.72. The molecule has 5 nitrogen and oxygen atoms in total. The van der Waals surface area contributed by atoms with Crippen LogP contribution >= 0.6 is 23.1 Å². The molecule has 0 spiro atoms. The van der Waals surface area contributed by atoms with Gasteiger partial charge >= 0.3 is 12.0 Å². The maximum absolute atomic E-state index is 12.0. The number of carboxylic acids is 1. The summed E-state index contributed by atoms with van der Waals surface area (Å²) in [5.74, 6) is -0.0604. The summed E-state index contributed by atoms with van der Waals surface area (Å²) in [5, 5.41) is 13.8. The Balaban J connectivity index is 1.97. The molecule has 0 aromatic carbocycles. The molecule has 1 fully saturated rings. The van der Waals surface area contributed by atoms with E-state index in [0.717, 1.165) is 4.88 Å². The maximum atomic E-state index is 12.0. The average molecular weight is 286 g/mol. The zero-order chi connectivity index (χ0) is 13.1. The van der Waals surface area contributed by atoms with Crippen LogP contribution in [0.5, 0.6) is 0 Å². The van der Waals surface area contributed by atoms with Crippen molar-refractivity contribution in [2.75, 3.05) is 11.6 Å². The van der Waals surface area contributed by atoms with E-state index < -0.39 is 12.0 Å². The lowest BCUT2D eigenvalue weighted by Gasteiger charge is -2.23. The highest BCUT2D eigenvalue weighted by Gasteiger charge is 2.35. The number of thiophene rings is 1. The average Bonchev–Trinajstić information content (AvgIpc) is 3.00. The van der Waals surface area contributed by atoms with Crippen molar-refractivity contribution in [3.63, 3.8) is 0 Å². The molecule has 1 aromatic heterocycles. The van der Waals surface area contributed by atoms with Crippen LogP contribution in [0.15, 0.2) is 17.5 Å². The summed E-state index contributed by atoms with van der Waals surface area (Å²) in [7, 11) is 0. The molecule has 1 unspecified atom stereocenters. The van der Waals surface area contributed by atoms with Gasteiger partial charge in [-0.05, 0) is 18.4 Å². The Morgan fingerprint density at radius 2 is 2.39 bits per heavy atom. The first-order chi connectivity index (χ1) is 8.59. The van der Waals surface area contributed by atoms with Crippen LogP contribution in [-0.4, -0.2) is 39.7 Å². The Hall–Kier alpha value is -1.21. The number of rotatable bonds is 3. The van der Waals surface area contributed by atoms with Crippen molar-refractivity contribution < 1.29 is 14.7 Å². The molecule has 0 radical (unpaired) electrons. The van der Waals surface area contributed by atoms with Crippen LogP contribution in [0.4, 0.5) is 4.79 Å². The Morgan fingerprint density at radius 3 is 3.00 bits per heavy atom. The van der Waals surface area contributed by atoms with Gasteiger partial charge in [0.05, 0.1) is 11.9 Å². The lowest BCUT2D eigenvalue weighted by atomic mass is 10.2. The SMILES string of the molecule is CC(NC(=O)N1CSC[C@H]1C(=O)O)c1cccs1. The fraction of sp³-hybridized carbons (Fsp3) is 0.455. The van der Waals surface area contributed by atoms with Gasteiger partial charge in [-0.3, -0.25) is 0 Å². The lowest BCUT2D eigenvalue weighted by Crippen LogP contribution is -2.47. The number of nitrogens with one attached hydrogen (secondary N) is 1. The standard InChI is InChI=1S/C11H14N2O3S2/c1-7(9-3-2-4-18-9)12-11(16)13-6-17-5-8(13)10(14)15/h2-4,7-8H,5-6H2,1H3,(H,12,16)(H,14,15)/t7?,8-/m0/s1. The molecule has 2 rings (SSSR count). The number of amides is 2. The van der Waals surface area contributed by atoms with Gasteiger partial charge in [0.2, 0.25) is 0 Å². The summed E-state index contributed by atoms with van der Waals surface area (Å²) < 4.78 is 0. The third-order valence-corrected chi connectivity index (χ3v) is 4.81. The molecule has 0 bridgehead atoms. The van der Waals surface area contributed by atoms with Gasteiger partial charge in [0, 0.05) is 10.6 Å². The second-order valence-electron chi connectivity index (χ2n) is 4.01. The first-order valence-corrected chi connectivity index (χ1v) is 7.54. The number of carbonyl (C=O) groups excluding carboxylic acids is 1. The van der Waals surface area contributed by atoms with Crippen molar-refractivity contribution in [1.29, 1.82) is 0 Å². The van der Waals surface area contributed by atoms with Gasteiger partial charge in [-0.1, -0.05) is 6.07 Å². The van der Waals surface area contributed by atoms with Gasteiger partial charge in [-0.15, -0.1) is 23.1 Å². The van der Waals surface area contributed by atoms with Gasteiger partial charge in [0.15, 0.2) is 0 Å². The molecular formula is C11H14N2O3S2. The van der Waals surface area contributed by atoms with E-state index in [1.165, 1.54) is 16.7 Å². The highest BCUT2D eigenvalue weighted by atomic mass is 32.2. The molecule has 0 aliphatic carbocycles. The number of carbonyl (C=O) groups is 2. The van der Waals surface area contributed by atoms with Crippen molar-refractivity contribution in [3.05, 3.63) is 22.4 Å². The lowest BCUT2D eigenvalue weighted by molar-refractivity contribution is -0.140. The molecule has 18 heavy (non-hydrogen) atoms. The van der Waals surface area contributed by atoms with Crippen molar-refractivity contribution in [1.82, 2.24) is 10.2 Å². The maximum Gasteiger partial charge on any atom is 0.327 e. The number of hydrogen-bond acceptors (Lipinski definition) is 4. The summed E-state index contributed by atoms with van der Waals surface area (Å²) in [5.41, 5.74) is 0. The van der Waals surface area contributed by atoms with Crippen LogP contribution in [0.1, 0.15) is 17.8 Å². The minimum absolute atomic E-state index is 0.0995. The van der Waals surface area contributed by atoms with E-state index in [1.807, 2.05) is 24.4 Å². The molecule has 1 aliphatic rings. The molecule has 0 saturated carbocycles. The summed E-state index contributed by atoms with van der Waals surface area (Å²) in [6.07, 6.45) is 0. The zero-order valence-corrected chi connectivity index (χ0v) is 11.5. The second-order valence-corrected chi connectivity index (χ2v) is 5.99. The monoisotopic (exact) mass is 286 g/mol. The zero-order valence-electron chi connectivity index (χ0n) is 9.83. The minimum atomic E-state index is -0.945. The van der Waals surface area contributed by atoms with Crippen LogP contribution < -0.4 is 5.32 Å². The molecule has 7 heteroatoms. The van der Waals surface area contributed by atoms with Gasteiger partial charge < -0.3 is 15.3 Å². The smallest absolute Gasteiger partial charge is 0.327 e. The van der Waals surface area contributed by atoms with E-state index in [9.17, 15) is 9.59 Å². The Kier molecular flexibility index (Phi) is 4.13. The number of thioether (sulfide) groups is 1. The van der Waals surface area contributed by atoms with E-state index in [2.05, 4.69) is 5.32 Å². The number of nitrogens with zero attached hydrogens (tertiary/aromatic N) is 1. The highest BCUT2D eigenvalue weighted by molar-refractivity contribution is 7.99. The molecular weight excluding hydrogens is 272 g/mol. The summed E-state index contributed by atoms with van der Waals surface area (Å²) in [4.78, 5) is 25.4. The van der Waals surface area contributed by atoms with Gasteiger partial charge in [-0.25, -0.2) is 9.59 Å². The molecule has 1 aliphatic heterocycles. The predicted octanol–water partition coefficient (Wildman–Crippen LogP) is 1.98. The molecule has 98 valence electrons. The fourth-order valence-corrected chi connectivity index (χ4v) is 3.60. The summed E-state index contributed by atoms with van der Waals surface area (Å²) in [6, 6.07) is 2.74. The van der Waals surface area contributed by atoms with Gasteiger partial charge in [0.1, 0.15) is 6.04 Å². The normalized spacial score (nSPS) is 20.7. The van der Waals surface area contributed by atoms with Crippen molar-refractivity contribution >= 4 is 35.1 Å². The third-order valence-electron chi connectivity index (χ3n) is 2.74. The van der Waals surface area contributed by atoms with E-state index >= 15 is 0 Å². The Labute approximate surface area is 113 Å². The van der Waals surface area contributed by atoms with E-state index in [0.29, 0.717) is 11.6 Å². The number of hydrogen-bond donors (Lipinski definition) is 2. The minimum Gasteiger partial charge on any atom is -0.480 e. The Bertz CT molecular complexity index is 436. The van der Waals surface area contributed by atoms with Crippen molar-refractivity contribution in [2.45, 2.75) is 19.0 Å². The van der Waals surface area contributed by atoms with Gasteiger partial charge in [0.25, 0.3) is 0 Å². The largest absolute Gasteiger partial charge is 0.480 e. The van der Waals surface area contributed by atoms with Crippen molar-refractivity contribution in [2.24, 2.45) is 0 Å². The van der Waals surface area contributed by atoms with E-state index in [-0.39, 0.29) is 12.1 Å².